The van der Waals surface area contributed by atoms with Crippen LogP contribution < -0.4 is 16.4 Å². The first-order chi connectivity index (χ1) is 13.2. The highest BCUT2D eigenvalue weighted by molar-refractivity contribution is 6.33. The predicted molar refractivity (Wildman–Crippen MR) is 91.8 cm³/mol. The maximum Gasteiger partial charge on any atom is 0.431 e. The van der Waals surface area contributed by atoms with E-state index in [1.54, 1.807) is 0 Å². The number of halogens is 4. The summed E-state index contributed by atoms with van der Waals surface area (Å²) in [7, 11) is 0.828. The number of nitrogens with zero attached hydrogens (tertiary/aromatic N) is 2. The van der Waals surface area contributed by atoms with Crippen molar-refractivity contribution in [1.82, 2.24) is 9.13 Å². The van der Waals surface area contributed by atoms with E-state index in [0.717, 1.165) is 39.1 Å². The van der Waals surface area contributed by atoms with E-state index >= 15 is 0 Å². The van der Waals surface area contributed by atoms with Crippen LogP contribution in [0.3, 0.4) is 0 Å². The van der Waals surface area contributed by atoms with Gasteiger partial charge in [0.25, 0.3) is 5.56 Å². The zero-order chi connectivity index (χ0) is 22.3. The number of ether oxygens (including phenoxy) is 1. The molecule has 2 rings (SSSR count). The van der Waals surface area contributed by atoms with Crippen LogP contribution in [0.4, 0.5) is 13.2 Å². The Morgan fingerprint density at radius 3 is 2.24 bits per heavy atom. The van der Waals surface area contributed by atoms with Gasteiger partial charge in [-0.1, -0.05) is 11.6 Å². The number of aromatic nitrogens is 2. The van der Waals surface area contributed by atoms with E-state index < -0.39 is 46.2 Å². The summed E-state index contributed by atoms with van der Waals surface area (Å²) in [5.41, 5.74) is -6.76. The van der Waals surface area contributed by atoms with Crippen LogP contribution in [-0.2, 0) is 22.8 Å². The summed E-state index contributed by atoms with van der Waals surface area (Å²) in [5, 5.41) is 10.8. The molecule has 0 unspecified atom stereocenters. The number of esters is 1. The lowest BCUT2D eigenvalue weighted by molar-refractivity contribution is -0.321. The molecular weight excluding hydrogens is 421 g/mol. The zero-order valence-electron chi connectivity index (χ0n) is 15.2. The van der Waals surface area contributed by atoms with E-state index in [-0.39, 0.29) is 21.3 Å². The van der Waals surface area contributed by atoms with Crippen molar-refractivity contribution in [2.75, 3.05) is 0 Å². The van der Waals surface area contributed by atoms with Gasteiger partial charge in [0, 0.05) is 13.1 Å². The molecule has 0 amide bonds. The summed E-state index contributed by atoms with van der Waals surface area (Å²) in [6, 6.07) is 3.38. The fourth-order valence-electron chi connectivity index (χ4n) is 2.27. The predicted octanol–water partition coefficient (Wildman–Crippen LogP) is 0.894. The summed E-state index contributed by atoms with van der Waals surface area (Å²) >= 11 is 5.90. The number of hydrogen-bond acceptors (Lipinski definition) is 6. The first-order valence-electron chi connectivity index (χ1n) is 7.82. The third-order valence-electron chi connectivity index (χ3n) is 3.88. The van der Waals surface area contributed by atoms with E-state index in [1.807, 2.05) is 0 Å². The van der Waals surface area contributed by atoms with Crippen molar-refractivity contribution in [1.29, 1.82) is 0 Å². The number of carbonyl (C=O) groups is 2. The van der Waals surface area contributed by atoms with Gasteiger partial charge in [-0.3, -0.25) is 9.36 Å². The van der Waals surface area contributed by atoms with Gasteiger partial charge < -0.3 is 14.6 Å². The van der Waals surface area contributed by atoms with E-state index in [2.05, 4.69) is 0 Å². The fraction of sp³-hybridized carbons (Fsp3) is 0.294. The molecule has 0 saturated heterocycles. The molecule has 0 aliphatic heterocycles. The molecule has 0 aliphatic carbocycles. The molecular formula is C17H13ClF3N2O6-. The molecule has 0 spiro atoms. The Kier molecular flexibility index (Phi) is 5.66. The van der Waals surface area contributed by atoms with Gasteiger partial charge >= 0.3 is 17.8 Å². The Morgan fingerprint density at radius 2 is 1.72 bits per heavy atom. The number of carboxylic acids is 1. The van der Waals surface area contributed by atoms with E-state index in [4.69, 9.17) is 16.3 Å². The van der Waals surface area contributed by atoms with Crippen molar-refractivity contribution in [2.24, 2.45) is 7.05 Å². The molecule has 0 saturated carbocycles. The number of aliphatic carboxylic acids is 1. The van der Waals surface area contributed by atoms with Gasteiger partial charge in [0.05, 0.1) is 22.2 Å². The number of benzene rings is 1. The molecule has 1 aromatic heterocycles. The Hall–Kier alpha value is -3.08. The van der Waals surface area contributed by atoms with Crippen LogP contribution in [0.5, 0.6) is 0 Å². The highest BCUT2D eigenvalue weighted by atomic mass is 35.5. The second-order valence-corrected chi connectivity index (χ2v) is 6.80. The normalized spacial score (nSPS) is 12.0. The minimum Gasteiger partial charge on any atom is -0.546 e. The van der Waals surface area contributed by atoms with Crippen molar-refractivity contribution in [3.05, 3.63) is 61.4 Å². The molecule has 29 heavy (non-hydrogen) atoms. The highest BCUT2D eigenvalue weighted by Crippen LogP contribution is 2.27. The van der Waals surface area contributed by atoms with Gasteiger partial charge in [0.1, 0.15) is 11.3 Å². The standard InChI is InChI=1S/C17H14ClF3N2O6/c1-16(2,14(26)27)29-13(25)9-6-8(4-5-10(9)18)23-12(24)7-11(17(19,20)21)22(3)15(23)28/h4-7H,1-3H3,(H,26,27)/p-1. The lowest BCUT2D eigenvalue weighted by Gasteiger charge is -2.26. The van der Waals surface area contributed by atoms with Gasteiger partial charge in [-0.25, -0.2) is 14.2 Å². The number of carboxylic acid groups (broad SMARTS) is 1. The van der Waals surface area contributed by atoms with Crippen LogP contribution >= 0.6 is 11.6 Å². The molecule has 1 aromatic carbocycles. The lowest BCUT2D eigenvalue weighted by Crippen LogP contribution is -2.46. The summed E-state index contributed by atoms with van der Waals surface area (Å²) in [6.45, 7) is 2.10. The molecule has 2 aromatic rings. The Balaban J connectivity index is 2.63. The van der Waals surface area contributed by atoms with Crippen LogP contribution in [0.1, 0.15) is 29.9 Å². The third-order valence-corrected chi connectivity index (χ3v) is 4.21. The number of alkyl halides is 3. The summed E-state index contributed by atoms with van der Waals surface area (Å²) in [4.78, 5) is 47.8. The number of hydrogen-bond donors (Lipinski definition) is 0. The van der Waals surface area contributed by atoms with Gasteiger partial charge in [0.15, 0.2) is 0 Å². The van der Waals surface area contributed by atoms with Crippen molar-refractivity contribution in [2.45, 2.75) is 25.6 Å². The molecule has 0 atom stereocenters. The molecule has 8 nitrogen and oxygen atoms in total. The van der Waals surface area contributed by atoms with Crippen LogP contribution in [0.2, 0.25) is 5.02 Å². The van der Waals surface area contributed by atoms with Crippen LogP contribution in [0, 0.1) is 0 Å². The molecule has 0 radical (unpaired) electrons. The maximum absolute atomic E-state index is 12.9. The van der Waals surface area contributed by atoms with Crippen LogP contribution in [0.15, 0.2) is 33.9 Å². The Bertz CT molecular complexity index is 1120. The molecule has 12 heteroatoms. The van der Waals surface area contributed by atoms with Crippen molar-refractivity contribution >= 4 is 23.5 Å². The average Bonchev–Trinajstić information content (AvgIpc) is 2.58. The fourth-order valence-corrected chi connectivity index (χ4v) is 2.47. The van der Waals surface area contributed by atoms with Crippen LogP contribution in [0.25, 0.3) is 5.69 Å². The summed E-state index contributed by atoms with van der Waals surface area (Å²) in [6.07, 6.45) is -4.93. The van der Waals surface area contributed by atoms with Gasteiger partial charge in [-0.15, -0.1) is 0 Å². The minimum absolute atomic E-state index is 0.204. The second-order valence-electron chi connectivity index (χ2n) is 6.39. The van der Waals surface area contributed by atoms with E-state index in [9.17, 15) is 37.5 Å². The first kappa shape index (κ1) is 22.2. The van der Waals surface area contributed by atoms with Crippen molar-refractivity contribution in [3.8, 4) is 5.69 Å². The lowest BCUT2D eigenvalue weighted by atomic mass is 10.1. The average molecular weight is 434 g/mol. The molecule has 0 fully saturated rings. The Morgan fingerprint density at radius 1 is 1.14 bits per heavy atom. The van der Waals surface area contributed by atoms with Crippen molar-refractivity contribution in [3.63, 3.8) is 0 Å². The first-order valence-corrected chi connectivity index (χ1v) is 8.19. The minimum atomic E-state index is -4.93. The molecule has 0 aliphatic rings. The van der Waals surface area contributed by atoms with Crippen molar-refractivity contribution < 1.29 is 32.6 Å². The smallest absolute Gasteiger partial charge is 0.431 e. The second kappa shape index (κ2) is 7.39. The largest absolute Gasteiger partial charge is 0.546 e. The molecule has 0 bridgehead atoms. The topological polar surface area (TPSA) is 110 Å². The van der Waals surface area contributed by atoms with Gasteiger partial charge in [-0.05, 0) is 32.0 Å². The van der Waals surface area contributed by atoms with Crippen LogP contribution in [-0.4, -0.2) is 26.7 Å². The van der Waals surface area contributed by atoms with Gasteiger partial charge in [-0.2, -0.15) is 13.2 Å². The number of carbonyl (C=O) groups excluding carboxylic acids is 2. The summed E-state index contributed by atoms with van der Waals surface area (Å²) < 4.78 is 44.3. The van der Waals surface area contributed by atoms with Gasteiger partial charge in [0.2, 0.25) is 0 Å². The molecule has 1 heterocycles. The maximum atomic E-state index is 12.9. The zero-order valence-corrected chi connectivity index (χ0v) is 15.9. The third kappa shape index (κ3) is 4.34. The SMILES string of the molecule is Cn1c(C(F)(F)F)cc(=O)n(-c2ccc(Cl)c(C(=O)OC(C)(C)C(=O)[O-])c2)c1=O. The summed E-state index contributed by atoms with van der Waals surface area (Å²) in [5.74, 6) is -2.89. The van der Waals surface area contributed by atoms with E-state index in [1.165, 1.54) is 0 Å². The molecule has 156 valence electrons. The van der Waals surface area contributed by atoms with E-state index in [0.29, 0.717) is 4.57 Å². The Labute approximate surface area is 165 Å². The number of rotatable bonds is 4. The highest BCUT2D eigenvalue weighted by Gasteiger charge is 2.35. The molecule has 0 N–H and O–H groups in total. The quantitative estimate of drug-likeness (QED) is 0.662. The monoisotopic (exact) mass is 433 g/mol.